The van der Waals surface area contributed by atoms with E-state index in [0.717, 1.165) is 32.1 Å². The van der Waals surface area contributed by atoms with Crippen LogP contribution in [0.15, 0.2) is 18.7 Å². The van der Waals surface area contributed by atoms with Crippen LogP contribution in [0.5, 0.6) is 0 Å². The molecule has 3 aromatic heterocycles. The third-order valence-corrected chi connectivity index (χ3v) is 6.77. The number of hydrogen-bond acceptors (Lipinski definition) is 10. The minimum absolute atomic E-state index is 0.163. The molecule has 13 heteroatoms. The van der Waals surface area contributed by atoms with Crippen LogP contribution in [-0.4, -0.2) is 78.1 Å². The van der Waals surface area contributed by atoms with Crippen LogP contribution in [0, 0.1) is 0 Å². The molecule has 1 saturated carbocycles. The molecule has 2 aliphatic heterocycles. The highest BCUT2D eigenvalue weighted by Gasteiger charge is 2.58. The lowest BCUT2D eigenvalue weighted by atomic mass is 9.94. The normalized spacial score (nSPS) is 27.9. The molecule has 0 bridgehead atoms. The average molecular weight is 470 g/mol. The molecule has 3 aliphatic rings. The Morgan fingerprint density at radius 2 is 2.06 bits per heavy atom. The Bertz CT molecular complexity index is 1240. The summed E-state index contributed by atoms with van der Waals surface area (Å²) in [7, 11) is 1.54. The van der Waals surface area contributed by atoms with Gasteiger partial charge in [0, 0.05) is 26.1 Å². The van der Waals surface area contributed by atoms with Crippen molar-refractivity contribution < 1.29 is 24.1 Å². The lowest BCUT2D eigenvalue weighted by Gasteiger charge is -2.34. The van der Waals surface area contributed by atoms with E-state index >= 15 is 0 Å². The molecule has 1 aliphatic carbocycles. The number of nitrogens with two attached hydrogens (primary N) is 1. The molecule has 0 radical (unpaired) electrons. The Hall–Kier alpha value is -3.13. The van der Waals surface area contributed by atoms with Crippen LogP contribution >= 0.6 is 0 Å². The molecule has 5 heterocycles. The summed E-state index contributed by atoms with van der Waals surface area (Å²) < 4.78 is 22.1. The molecule has 0 aromatic carbocycles. The number of hydrogen-bond donors (Lipinski definition) is 3. The summed E-state index contributed by atoms with van der Waals surface area (Å²) in [5.41, 5.74) is 7.38. The maximum Gasteiger partial charge on any atom is 0.254 e. The average Bonchev–Trinajstić information content (AvgIpc) is 3.62. The number of fused-ring (bicyclic) bond motifs is 2. The van der Waals surface area contributed by atoms with E-state index in [1.54, 1.807) is 17.9 Å². The maximum atomic E-state index is 11.9. The van der Waals surface area contributed by atoms with Gasteiger partial charge in [-0.1, -0.05) is 6.42 Å². The van der Waals surface area contributed by atoms with Crippen molar-refractivity contribution in [1.29, 1.82) is 0 Å². The van der Waals surface area contributed by atoms with E-state index in [1.807, 2.05) is 0 Å². The number of aromatic nitrogens is 6. The lowest BCUT2D eigenvalue weighted by molar-refractivity contribution is -0.232. The number of carbonyl (C=O) groups excluding carboxylic acids is 1. The number of rotatable bonds is 4. The van der Waals surface area contributed by atoms with E-state index in [-0.39, 0.29) is 24.3 Å². The second-order valence-electron chi connectivity index (χ2n) is 8.87. The van der Waals surface area contributed by atoms with Crippen molar-refractivity contribution in [2.45, 2.75) is 62.4 Å². The van der Waals surface area contributed by atoms with Crippen LogP contribution in [0.25, 0.3) is 17.1 Å². The monoisotopic (exact) mass is 470 g/mol. The van der Waals surface area contributed by atoms with Crippen molar-refractivity contribution in [3.05, 3.63) is 24.3 Å². The maximum absolute atomic E-state index is 11.9. The second-order valence-corrected chi connectivity index (χ2v) is 8.87. The standard InChI is InChI=1S/C21H26N8O5/c1-23-18(31)11-7-25-29(8-11)20-26-16(22)13-17(27-20)28(10-24-13)19-15-14(12(9-30)32-19)33-21(34-15)5-3-2-4-6-21/h7-8,10,12,14-15,19,30H,2-6,9H2,1H3,(H,23,31)(H2,22,26,27)/t12-,14+,15+,19-/m1/s1. The first-order valence-corrected chi connectivity index (χ1v) is 11.4. The number of ether oxygens (including phenoxy) is 3. The van der Waals surface area contributed by atoms with Gasteiger partial charge in [0.1, 0.15) is 23.8 Å². The minimum atomic E-state index is -0.635. The molecule has 34 heavy (non-hydrogen) atoms. The van der Waals surface area contributed by atoms with Crippen LogP contribution in [-0.2, 0) is 14.2 Å². The lowest BCUT2D eigenvalue weighted by Crippen LogP contribution is -2.37. The van der Waals surface area contributed by atoms with E-state index in [9.17, 15) is 9.90 Å². The fraction of sp³-hybridized carbons (Fsp3) is 0.571. The number of nitrogens with one attached hydrogen (secondary N) is 1. The van der Waals surface area contributed by atoms with Crippen molar-refractivity contribution in [3.63, 3.8) is 0 Å². The summed E-state index contributed by atoms with van der Waals surface area (Å²) in [5.74, 6) is -0.566. The number of aliphatic hydroxyl groups is 1. The number of nitrogen functional groups attached to an aromatic ring is 1. The quantitative estimate of drug-likeness (QED) is 0.482. The summed E-state index contributed by atoms with van der Waals surface area (Å²) in [4.78, 5) is 25.2. The molecule has 2 saturated heterocycles. The van der Waals surface area contributed by atoms with Gasteiger partial charge in [0.2, 0.25) is 0 Å². The summed E-state index contributed by atoms with van der Waals surface area (Å²) in [6.07, 6.45) is 7.42. The highest BCUT2D eigenvalue weighted by molar-refractivity contribution is 5.93. The van der Waals surface area contributed by atoms with Gasteiger partial charge in [-0.05, 0) is 12.8 Å². The molecule has 1 amide bonds. The van der Waals surface area contributed by atoms with Gasteiger partial charge in [0.05, 0.1) is 24.7 Å². The van der Waals surface area contributed by atoms with Crippen molar-refractivity contribution >= 4 is 22.9 Å². The Labute approximate surface area is 194 Å². The zero-order chi connectivity index (χ0) is 23.4. The molecular weight excluding hydrogens is 444 g/mol. The van der Waals surface area contributed by atoms with Gasteiger partial charge in [-0.15, -0.1) is 0 Å². The molecular formula is C21H26N8O5. The van der Waals surface area contributed by atoms with E-state index in [4.69, 9.17) is 19.9 Å². The molecule has 3 fully saturated rings. The van der Waals surface area contributed by atoms with Gasteiger partial charge in [0.25, 0.3) is 11.9 Å². The molecule has 6 rings (SSSR count). The molecule has 0 unspecified atom stereocenters. The first-order chi connectivity index (χ1) is 16.5. The summed E-state index contributed by atoms with van der Waals surface area (Å²) in [6.45, 7) is -0.193. The zero-order valence-corrected chi connectivity index (χ0v) is 18.6. The van der Waals surface area contributed by atoms with Crippen LogP contribution in [0.3, 0.4) is 0 Å². The fourth-order valence-electron chi connectivity index (χ4n) is 5.11. The number of aliphatic hydroxyl groups excluding tert-OH is 1. The summed E-state index contributed by atoms with van der Waals surface area (Å²) in [5, 5.41) is 16.7. The first-order valence-electron chi connectivity index (χ1n) is 11.4. The predicted octanol–water partition coefficient (Wildman–Crippen LogP) is 0.288. The third kappa shape index (κ3) is 3.27. The highest BCUT2D eigenvalue weighted by atomic mass is 16.8. The van der Waals surface area contributed by atoms with Gasteiger partial charge in [0.15, 0.2) is 23.5 Å². The smallest absolute Gasteiger partial charge is 0.254 e. The van der Waals surface area contributed by atoms with Gasteiger partial charge in [-0.3, -0.25) is 9.36 Å². The van der Waals surface area contributed by atoms with Crippen LogP contribution < -0.4 is 11.1 Å². The van der Waals surface area contributed by atoms with Crippen molar-refractivity contribution in [2.24, 2.45) is 0 Å². The summed E-state index contributed by atoms with van der Waals surface area (Å²) in [6, 6.07) is 0. The van der Waals surface area contributed by atoms with E-state index < -0.39 is 30.3 Å². The van der Waals surface area contributed by atoms with Crippen LogP contribution in [0.2, 0.25) is 0 Å². The molecule has 3 aromatic rings. The first kappa shape index (κ1) is 21.4. The number of imidazole rings is 1. The zero-order valence-electron chi connectivity index (χ0n) is 18.6. The number of amides is 1. The van der Waals surface area contributed by atoms with Gasteiger partial charge < -0.3 is 30.4 Å². The molecule has 4 N–H and O–H groups in total. The number of anilines is 1. The minimum Gasteiger partial charge on any atom is -0.394 e. The summed E-state index contributed by atoms with van der Waals surface area (Å²) >= 11 is 0. The second kappa shape index (κ2) is 7.98. The molecule has 180 valence electrons. The Kier molecular flexibility index (Phi) is 5.02. The largest absolute Gasteiger partial charge is 0.394 e. The fourth-order valence-corrected chi connectivity index (χ4v) is 5.11. The number of nitrogens with zero attached hydrogens (tertiary/aromatic N) is 6. The molecule has 13 nitrogen and oxygen atoms in total. The SMILES string of the molecule is CNC(=O)c1cnn(-c2nc(N)c3ncn([C@@H]4O[C@H](CO)[C@@H]5OC6(CCCCC6)O[C@@H]54)c3n2)c1. The third-order valence-electron chi connectivity index (χ3n) is 6.77. The van der Waals surface area contributed by atoms with Gasteiger partial charge in [-0.25, -0.2) is 9.67 Å². The van der Waals surface area contributed by atoms with E-state index in [2.05, 4.69) is 25.4 Å². The molecule has 1 spiro atoms. The Balaban J connectivity index is 1.38. The Morgan fingerprint density at radius 3 is 2.82 bits per heavy atom. The number of carbonyl (C=O) groups is 1. The van der Waals surface area contributed by atoms with Crippen LogP contribution in [0.4, 0.5) is 5.82 Å². The van der Waals surface area contributed by atoms with Crippen molar-refractivity contribution in [3.8, 4) is 5.95 Å². The van der Waals surface area contributed by atoms with Gasteiger partial charge in [-0.2, -0.15) is 15.1 Å². The van der Waals surface area contributed by atoms with E-state index in [0.29, 0.717) is 16.7 Å². The predicted molar refractivity (Wildman–Crippen MR) is 117 cm³/mol. The topological polar surface area (TPSA) is 164 Å². The Morgan fingerprint density at radius 1 is 1.26 bits per heavy atom. The van der Waals surface area contributed by atoms with Crippen LogP contribution in [0.1, 0.15) is 48.7 Å². The highest BCUT2D eigenvalue weighted by Crippen LogP contribution is 2.48. The van der Waals surface area contributed by atoms with Crippen molar-refractivity contribution in [1.82, 2.24) is 34.6 Å². The van der Waals surface area contributed by atoms with Crippen molar-refractivity contribution in [2.75, 3.05) is 19.4 Å². The van der Waals surface area contributed by atoms with Gasteiger partial charge >= 0.3 is 0 Å². The molecule has 4 atom stereocenters. The van der Waals surface area contributed by atoms with E-state index in [1.165, 1.54) is 17.1 Å².